The molecule has 0 spiro atoms. The Morgan fingerprint density at radius 3 is 2.58 bits per heavy atom. The van der Waals surface area contributed by atoms with Crippen molar-refractivity contribution in [3.63, 3.8) is 0 Å². The second-order valence-corrected chi connectivity index (χ2v) is 6.80. The average Bonchev–Trinajstić information content (AvgIpc) is 2.89. The first-order valence-corrected chi connectivity index (χ1v) is 9.53. The van der Waals surface area contributed by atoms with Gasteiger partial charge in [-0.2, -0.15) is 0 Å². The van der Waals surface area contributed by atoms with Crippen LogP contribution < -0.4 is 10.1 Å². The molecule has 1 amide bonds. The molecular formula is C22H31NO3. The fourth-order valence-corrected chi connectivity index (χ4v) is 3.15. The van der Waals surface area contributed by atoms with E-state index in [4.69, 9.17) is 9.15 Å². The van der Waals surface area contributed by atoms with Gasteiger partial charge >= 0.3 is 0 Å². The lowest BCUT2D eigenvalue weighted by Crippen LogP contribution is -2.22. The van der Waals surface area contributed by atoms with Crippen molar-refractivity contribution in [1.82, 2.24) is 5.32 Å². The SMILES string of the molecule is CCCCCNC(=O)/C=C(\C)c1cc2c(C)c(C)oc2c(C)c1OCC. The largest absolute Gasteiger partial charge is 0.493 e. The van der Waals surface area contributed by atoms with Gasteiger partial charge in [0.2, 0.25) is 5.91 Å². The van der Waals surface area contributed by atoms with Crippen LogP contribution in [0.15, 0.2) is 16.6 Å². The Kier molecular flexibility index (Phi) is 6.90. The second kappa shape index (κ2) is 8.93. The fourth-order valence-electron chi connectivity index (χ4n) is 3.15. The minimum atomic E-state index is -0.0566. The van der Waals surface area contributed by atoms with Crippen LogP contribution in [-0.2, 0) is 4.79 Å². The van der Waals surface area contributed by atoms with Crippen molar-refractivity contribution < 1.29 is 13.9 Å². The number of furan rings is 1. The van der Waals surface area contributed by atoms with Crippen LogP contribution in [0.2, 0.25) is 0 Å². The molecule has 0 aliphatic heterocycles. The number of benzene rings is 1. The Morgan fingerprint density at radius 1 is 1.19 bits per heavy atom. The fraction of sp³-hybridized carbons (Fsp3) is 0.500. The summed E-state index contributed by atoms with van der Waals surface area (Å²) < 4.78 is 11.8. The number of aryl methyl sites for hydroxylation is 3. The molecule has 0 saturated heterocycles. The Bertz CT molecular complexity index is 815. The van der Waals surface area contributed by atoms with Gasteiger partial charge in [-0.15, -0.1) is 0 Å². The van der Waals surface area contributed by atoms with E-state index in [0.717, 1.165) is 64.0 Å². The van der Waals surface area contributed by atoms with Crippen LogP contribution in [0.3, 0.4) is 0 Å². The highest BCUT2D eigenvalue weighted by atomic mass is 16.5. The van der Waals surface area contributed by atoms with E-state index in [2.05, 4.69) is 25.2 Å². The third kappa shape index (κ3) is 4.29. The molecule has 0 bridgehead atoms. The molecule has 4 heteroatoms. The van der Waals surface area contributed by atoms with Crippen LogP contribution in [0.1, 0.15) is 62.5 Å². The molecular weight excluding hydrogens is 326 g/mol. The summed E-state index contributed by atoms with van der Waals surface area (Å²) in [5.74, 6) is 1.65. The van der Waals surface area contributed by atoms with Gasteiger partial charge in [-0.1, -0.05) is 19.8 Å². The normalized spacial score (nSPS) is 11.8. The summed E-state index contributed by atoms with van der Waals surface area (Å²) in [5.41, 5.74) is 4.81. The first-order valence-electron chi connectivity index (χ1n) is 9.53. The summed E-state index contributed by atoms with van der Waals surface area (Å²) in [4.78, 5) is 12.2. The van der Waals surface area contributed by atoms with E-state index in [9.17, 15) is 4.79 Å². The molecule has 1 aromatic carbocycles. The van der Waals surface area contributed by atoms with Gasteiger partial charge < -0.3 is 14.5 Å². The van der Waals surface area contributed by atoms with Gasteiger partial charge in [-0.25, -0.2) is 0 Å². The molecule has 1 heterocycles. The number of nitrogens with one attached hydrogen (secondary N) is 1. The van der Waals surface area contributed by atoms with Crippen LogP contribution in [0.5, 0.6) is 5.75 Å². The van der Waals surface area contributed by atoms with Gasteiger partial charge in [0.05, 0.1) is 6.61 Å². The number of unbranched alkanes of at least 4 members (excludes halogenated alkanes) is 2. The van der Waals surface area contributed by atoms with Crippen LogP contribution in [-0.4, -0.2) is 19.1 Å². The number of carbonyl (C=O) groups excluding carboxylic acids is 1. The third-order valence-electron chi connectivity index (χ3n) is 4.79. The number of fused-ring (bicyclic) bond motifs is 1. The Balaban J connectivity index is 2.39. The molecule has 26 heavy (non-hydrogen) atoms. The molecule has 0 atom stereocenters. The average molecular weight is 357 g/mol. The first kappa shape index (κ1) is 20.1. The number of hydrogen-bond acceptors (Lipinski definition) is 3. The standard InChI is InChI=1S/C22H31NO3/c1-7-9-10-11-23-20(24)12-14(3)18-13-19-15(4)17(6)26-22(19)16(5)21(18)25-8-2/h12-13H,7-11H2,1-6H3,(H,23,24)/b14-12+. The van der Waals surface area contributed by atoms with Crippen LogP contribution >= 0.6 is 0 Å². The van der Waals surface area contributed by atoms with E-state index in [1.54, 1.807) is 6.08 Å². The molecule has 0 aliphatic carbocycles. The van der Waals surface area contributed by atoms with Gasteiger partial charge in [0.25, 0.3) is 0 Å². The molecule has 0 radical (unpaired) electrons. The summed E-state index contributed by atoms with van der Waals surface area (Å²) in [5, 5.41) is 4.04. The Morgan fingerprint density at radius 2 is 1.92 bits per heavy atom. The minimum absolute atomic E-state index is 0.0566. The van der Waals surface area contributed by atoms with E-state index < -0.39 is 0 Å². The highest BCUT2D eigenvalue weighted by molar-refractivity contribution is 5.98. The second-order valence-electron chi connectivity index (χ2n) is 6.80. The maximum Gasteiger partial charge on any atom is 0.244 e. The Hall–Kier alpha value is -2.23. The molecule has 0 unspecified atom stereocenters. The molecule has 2 rings (SSSR count). The zero-order valence-corrected chi connectivity index (χ0v) is 16.9. The van der Waals surface area contributed by atoms with Gasteiger partial charge in [0, 0.05) is 29.1 Å². The van der Waals surface area contributed by atoms with Crippen LogP contribution in [0.25, 0.3) is 16.5 Å². The summed E-state index contributed by atoms with van der Waals surface area (Å²) in [6.07, 6.45) is 4.95. The van der Waals surface area contributed by atoms with Crippen molar-refractivity contribution in [3.8, 4) is 5.75 Å². The highest BCUT2D eigenvalue weighted by Gasteiger charge is 2.18. The highest BCUT2D eigenvalue weighted by Crippen LogP contribution is 2.38. The van der Waals surface area contributed by atoms with Crippen LogP contribution in [0, 0.1) is 20.8 Å². The smallest absolute Gasteiger partial charge is 0.244 e. The summed E-state index contributed by atoms with van der Waals surface area (Å²) in [6.45, 7) is 13.4. The van der Waals surface area contributed by atoms with E-state index in [1.807, 2.05) is 27.7 Å². The van der Waals surface area contributed by atoms with Crippen molar-refractivity contribution >= 4 is 22.4 Å². The maximum atomic E-state index is 12.2. The van der Waals surface area contributed by atoms with Gasteiger partial charge in [0.1, 0.15) is 17.1 Å². The number of hydrogen-bond donors (Lipinski definition) is 1. The molecule has 1 N–H and O–H groups in total. The molecule has 0 aliphatic rings. The van der Waals surface area contributed by atoms with Crippen molar-refractivity contribution in [2.24, 2.45) is 0 Å². The zero-order chi connectivity index (χ0) is 19.3. The summed E-state index contributed by atoms with van der Waals surface area (Å²) in [6, 6.07) is 2.08. The third-order valence-corrected chi connectivity index (χ3v) is 4.79. The topological polar surface area (TPSA) is 51.5 Å². The number of allylic oxidation sites excluding steroid dienone is 1. The number of carbonyl (C=O) groups is 1. The van der Waals surface area contributed by atoms with Gasteiger partial charge in [-0.3, -0.25) is 4.79 Å². The van der Waals surface area contributed by atoms with E-state index >= 15 is 0 Å². The number of rotatable bonds is 8. The lowest BCUT2D eigenvalue weighted by atomic mass is 9.98. The maximum absolute atomic E-state index is 12.2. The van der Waals surface area contributed by atoms with Crippen molar-refractivity contribution in [2.75, 3.05) is 13.2 Å². The minimum Gasteiger partial charge on any atom is -0.493 e. The number of amides is 1. The lowest BCUT2D eigenvalue weighted by Gasteiger charge is -2.14. The van der Waals surface area contributed by atoms with Gasteiger partial charge in [0.15, 0.2) is 0 Å². The van der Waals surface area contributed by atoms with Crippen molar-refractivity contribution in [1.29, 1.82) is 0 Å². The van der Waals surface area contributed by atoms with Gasteiger partial charge in [-0.05, 0) is 58.2 Å². The zero-order valence-electron chi connectivity index (χ0n) is 16.9. The van der Waals surface area contributed by atoms with E-state index in [1.165, 1.54) is 0 Å². The monoisotopic (exact) mass is 357 g/mol. The predicted molar refractivity (Wildman–Crippen MR) is 108 cm³/mol. The predicted octanol–water partition coefficient (Wildman–Crippen LogP) is 5.47. The molecule has 142 valence electrons. The Labute approximate surface area is 156 Å². The molecule has 1 aromatic heterocycles. The van der Waals surface area contributed by atoms with Crippen molar-refractivity contribution in [3.05, 3.63) is 34.6 Å². The molecule has 0 saturated carbocycles. The van der Waals surface area contributed by atoms with E-state index in [0.29, 0.717) is 13.2 Å². The summed E-state index contributed by atoms with van der Waals surface area (Å²) >= 11 is 0. The summed E-state index contributed by atoms with van der Waals surface area (Å²) in [7, 11) is 0. The van der Waals surface area contributed by atoms with Crippen LogP contribution in [0.4, 0.5) is 0 Å². The molecule has 4 nitrogen and oxygen atoms in total. The lowest BCUT2D eigenvalue weighted by molar-refractivity contribution is -0.116. The number of ether oxygens (including phenoxy) is 1. The van der Waals surface area contributed by atoms with E-state index in [-0.39, 0.29) is 5.91 Å². The van der Waals surface area contributed by atoms with Crippen molar-refractivity contribution in [2.45, 2.75) is 60.8 Å². The quantitative estimate of drug-likeness (QED) is 0.504. The molecule has 2 aromatic rings. The molecule has 0 fully saturated rings. The first-order chi connectivity index (χ1) is 12.4.